The van der Waals surface area contributed by atoms with Gasteiger partial charge in [0.25, 0.3) is 0 Å². The molecule has 1 aliphatic carbocycles. The first-order chi connectivity index (χ1) is 10.8. The van der Waals surface area contributed by atoms with E-state index in [-0.39, 0.29) is 30.1 Å². The summed E-state index contributed by atoms with van der Waals surface area (Å²) >= 11 is 0. The van der Waals surface area contributed by atoms with E-state index in [1.165, 1.54) is 32.4 Å². The number of aliphatic hydroxyl groups excluding tert-OH is 1. The van der Waals surface area contributed by atoms with Crippen molar-refractivity contribution in [3.63, 3.8) is 0 Å². The van der Waals surface area contributed by atoms with Gasteiger partial charge in [-0.05, 0) is 52.1 Å². The van der Waals surface area contributed by atoms with E-state index >= 15 is 0 Å². The number of hydrogen-bond acceptors (Lipinski definition) is 3. The lowest BCUT2D eigenvalue weighted by molar-refractivity contribution is 0.136. The van der Waals surface area contributed by atoms with E-state index in [9.17, 15) is 5.11 Å². The Labute approximate surface area is 157 Å². The number of nitrogens with zero attached hydrogens (tertiary/aromatic N) is 3. The van der Waals surface area contributed by atoms with Gasteiger partial charge in [-0.15, -0.1) is 24.0 Å². The summed E-state index contributed by atoms with van der Waals surface area (Å²) in [6, 6.07) is 0.712. The summed E-state index contributed by atoms with van der Waals surface area (Å²) in [5, 5.41) is 13.4. The molecular formula is C17H33IN4O. The molecule has 2 N–H and O–H groups in total. The topological polar surface area (TPSA) is 51.1 Å². The highest BCUT2D eigenvalue weighted by molar-refractivity contribution is 14.0. The Balaban J connectivity index is 0.00000192. The highest BCUT2D eigenvalue weighted by Gasteiger charge is 2.31. The average molecular weight is 436 g/mol. The molecule has 0 amide bonds. The van der Waals surface area contributed by atoms with Gasteiger partial charge in [0, 0.05) is 38.1 Å². The van der Waals surface area contributed by atoms with E-state index in [0.717, 1.165) is 51.4 Å². The summed E-state index contributed by atoms with van der Waals surface area (Å²) < 4.78 is 0. The van der Waals surface area contributed by atoms with Gasteiger partial charge in [0.1, 0.15) is 0 Å². The third-order valence-corrected chi connectivity index (χ3v) is 5.55. The Bertz CT molecular complexity index is 387. The quantitative estimate of drug-likeness (QED) is 0.402. The fraction of sp³-hybridized carbons (Fsp3) is 0.941. The van der Waals surface area contributed by atoms with Crippen LogP contribution >= 0.6 is 24.0 Å². The largest absolute Gasteiger partial charge is 0.393 e. The smallest absolute Gasteiger partial charge is 0.193 e. The molecule has 0 radical (unpaired) electrons. The molecule has 3 rings (SSSR count). The summed E-state index contributed by atoms with van der Waals surface area (Å²) in [4.78, 5) is 9.92. The van der Waals surface area contributed by atoms with E-state index in [4.69, 9.17) is 4.99 Å². The number of nitrogens with one attached hydrogen (secondary N) is 1. The van der Waals surface area contributed by atoms with Crippen LogP contribution in [0.3, 0.4) is 0 Å². The highest BCUT2D eigenvalue weighted by atomic mass is 127. The third kappa shape index (κ3) is 4.95. The van der Waals surface area contributed by atoms with Crippen LogP contribution in [0.2, 0.25) is 0 Å². The summed E-state index contributed by atoms with van der Waals surface area (Å²) in [7, 11) is 0. The first-order valence-electron chi connectivity index (χ1n) is 9.23. The van der Waals surface area contributed by atoms with Crippen LogP contribution in [0.15, 0.2) is 4.99 Å². The maximum atomic E-state index is 9.97. The molecule has 1 saturated carbocycles. The molecule has 6 heteroatoms. The van der Waals surface area contributed by atoms with Crippen molar-refractivity contribution in [3.8, 4) is 0 Å². The second-order valence-corrected chi connectivity index (χ2v) is 7.08. The second kappa shape index (κ2) is 9.42. The molecular weight excluding hydrogens is 403 g/mol. The zero-order chi connectivity index (χ0) is 15.4. The average Bonchev–Trinajstić information content (AvgIpc) is 3.24. The lowest BCUT2D eigenvalue weighted by Crippen LogP contribution is -2.43. The normalized spacial score (nSPS) is 32.3. The number of hydrogen-bond donors (Lipinski definition) is 2. The summed E-state index contributed by atoms with van der Waals surface area (Å²) in [5.74, 6) is 1.42. The minimum absolute atomic E-state index is 0. The van der Waals surface area contributed by atoms with Crippen LogP contribution in [0, 0.1) is 5.92 Å². The molecule has 2 saturated heterocycles. The van der Waals surface area contributed by atoms with E-state index in [1.807, 2.05) is 0 Å². The molecule has 3 aliphatic rings. The molecule has 0 bridgehead atoms. The Hall–Kier alpha value is -0.0800. The van der Waals surface area contributed by atoms with Crippen molar-refractivity contribution in [3.05, 3.63) is 0 Å². The highest BCUT2D eigenvalue weighted by Crippen LogP contribution is 2.26. The molecule has 0 aromatic rings. The number of rotatable bonds is 4. The van der Waals surface area contributed by atoms with Crippen LogP contribution in [0.5, 0.6) is 0 Å². The molecule has 5 nitrogen and oxygen atoms in total. The Morgan fingerprint density at radius 1 is 1.13 bits per heavy atom. The van der Waals surface area contributed by atoms with E-state index in [1.54, 1.807) is 0 Å². The minimum Gasteiger partial charge on any atom is -0.393 e. The van der Waals surface area contributed by atoms with Gasteiger partial charge in [0.2, 0.25) is 0 Å². The second-order valence-electron chi connectivity index (χ2n) is 7.08. The van der Waals surface area contributed by atoms with Crippen LogP contribution in [0.25, 0.3) is 0 Å². The monoisotopic (exact) mass is 436 g/mol. The molecule has 0 aromatic carbocycles. The van der Waals surface area contributed by atoms with Gasteiger partial charge in [-0.2, -0.15) is 0 Å². The van der Waals surface area contributed by atoms with Crippen molar-refractivity contribution in [1.82, 2.24) is 15.1 Å². The van der Waals surface area contributed by atoms with E-state index < -0.39 is 0 Å². The van der Waals surface area contributed by atoms with Crippen LogP contribution < -0.4 is 5.32 Å². The maximum absolute atomic E-state index is 9.97. The van der Waals surface area contributed by atoms with Crippen LogP contribution in [-0.2, 0) is 0 Å². The van der Waals surface area contributed by atoms with Crippen molar-refractivity contribution < 1.29 is 5.11 Å². The standard InChI is InChI=1S/C17H32N4O.HI/c1-2-18-17(19-12-14-6-5-7-16(14)22)21-11-8-15(13-21)20-9-3-4-10-20;/h14-16,22H,2-13H2,1H3,(H,18,19);1H. The molecule has 23 heavy (non-hydrogen) atoms. The molecule has 134 valence electrons. The molecule has 3 atom stereocenters. The van der Waals surface area contributed by atoms with Crippen LogP contribution in [-0.4, -0.2) is 72.3 Å². The number of guanidine groups is 1. The van der Waals surface area contributed by atoms with Gasteiger partial charge < -0.3 is 15.3 Å². The summed E-state index contributed by atoms with van der Waals surface area (Å²) in [6.07, 6.45) is 7.09. The SMILES string of the molecule is CCNC(=NCC1CCCC1O)N1CCC(N2CCCC2)C1.I. The fourth-order valence-electron chi connectivity index (χ4n) is 4.20. The van der Waals surface area contributed by atoms with Crippen LogP contribution in [0.4, 0.5) is 0 Å². The van der Waals surface area contributed by atoms with Gasteiger partial charge in [-0.3, -0.25) is 9.89 Å². The number of aliphatic imine (C=N–C) groups is 1. The van der Waals surface area contributed by atoms with Crippen LogP contribution in [0.1, 0.15) is 45.4 Å². The Kier molecular flexibility index (Phi) is 7.88. The maximum Gasteiger partial charge on any atom is 0.193 e. The molecule has 2 aliphatic heterocycles. The molecule has 3 fully saturated rings. The molecule has 0 spiro atoms. The van der Waals surface area contributed by atoms with Crippen molar-refractivity contribution in [1.29, 1.82) is 0 Å². The number of halogens is 1. The number of likely N-dealkylation sites (tertiary alicyclic amines) is 2. The summed E-state index contributed by atoms with van der Waals surface area (Å²) in [5.41, 5.74) is 0. The third-order valence-electron chi connectivity index (χ3n) is 5.55. The zero-order valence-electron chi connectivity index (χ0n) is 14.4. The molecule has 0 aromatic heterocycles. The minimum atomic E-state index is -0.137. The van der Waals surface area contributed by atoms with E-state index in [0.29, 0.717) is 12.0 Å². The van der Waals surface area contributed by atoms with Gasteiger partial charge in [-0.25, -0.2) is 0 Å². The Morgan fingerprint density at radius 2 is 1.91 bits per heavy atom. The first kappa shape index (κ1) is 19.2. The zero-order valence-corrected chi connectivity index (χ0v) is 16.7. The lowest BCUT2D eigenvalue weighted by atomic mass is 10.1. The predicted octanol–water partition coefficient (Wildman–Crippen LogP) is 1.90. The van der Waals surface area contributed by atoms with Gasteiger partial charge in [-0.1, -0.05) is 6.42 Å². The van der Waals surface area contributed by atoms with Crippen molar-refractivity contribution >= 4 is 29.9 Å². The van der Waals surface area contributed by atoms with Crippen molar-refractivity contribution in [2.75, 3.05) is 39.3 Å². The Morgan fingerprint density at radius 3 is 2.57 bits per heavy atom. The van der Waals surface area contributed by atoms with E-state index in [2.05, 4.69) is 22.0 Å². The summed E-state index contributed by atoms with van der Waals surface area (Å²) in [6.45, 7) is 8.60. The predicted molar refractivity (Wildman–Crippen MR) is 106 cm³/mol. The first-order valence-corrected chi connectivity index (χ1v) is 9.23. The lowest BCUT2D eigenvalue weighted by Gasteiger charge is -2.26. The molecule has 3 unspecified atom stereocenters. The molecule has 2 heterocycles. The van der Waals surface area contributed by atoms with Gasteiger partial charge >= 0.3 is 0 Å². The number of aliphatic hydroxyl groups is 1. The van der Waals surface area contributed by atoms with Gasteiger partial charge in [0.15, 0.2) is 5.96 Å². The van der Waals surface area contributed by atoms with Crippen molar-refractivity contribution in [2.45, 2.75) is 57.6 Å². The van der Waals surface area contributed by atoms with Gasteiger partial charge in [0.05, 0.1) is 6.10 Å². The fourth-order valence-corrected chi connectivity index (χ4v) is 4.20. The van der Waals surface area contributed by atoms with Crippen molar-refractivity contribution in [2.24, 2.45) is 10.9 Å².